The second kappa shape index (κ2) is 5.10. The van der Waals surface area contributed by atoms with Gasteiger partial charge in [0.25, 0.3) is 5.91 Å². The number of carbonyl (C=O) groups is 1. The van der Waals surface area contributed by atoms with Crippen LogP contribution in [0, 0.1) is 20.8 Å². The number of carbonyl (C=O) groups excluding carboxylic acids is 1. The Morgan fingerprint density at radius 1 is 1.21 bits per heavy atom. The van der Waals surface area contributed by atoms with Crippen LogP contribution in [-0.4, -0.2) is 16.0 Å². The fraction of sp³-hybridized carbons (Fsp3) is 0.200. The van der Waals surface area contributed by atoms with E-state index in [-0.39, 0.29) is 11.7 Å². The minimum atomic E-state index is -0.196. The molecule has 4 nitrogen and oxygen atoms in total. The van der Waals surface area contributed by atoms with Crippen LogP contribution in [0.15, 0.2) is 30.5 Å². The number of hydrogen-bond donors (Lipinski definition) is 2. The molecular formula is C15H16N2O2. The molecule has 0 unspecified atom stereocenters. The summed E-state index contributed by atoms with van der Waals surface area (Å²) in [6.45, 7) is 5.43. The molecule has 2 N–H and O–H groups in total. The van der Waals surface area contributed by atoms with Crippen LogP contribution in [0.3, 0.4) is 0 Å². The highest BCUT2D eigenvalue weighted by molar-refractivity contribution is 6.05. The van der Waals surface area contributed by atoms with Gasteiger partial charge in [-0.15, -0.1) is 0 Å². The van der Waals surface area contributed by atoms with E-state index in [1.807, 2.05) is 6.92 Å². The van der Waals surface area contributed by atoms with Crippen molar-refractivity contribution < 1.29 is 9.90 Å². The molecule has 1 amide bonds. The third-order valence-corrected chi connectivity index (χ3v) is 3.04. The summed E-state index contributed by atoms with van der Waals surface area (Å²) in [6.07, 6.45) is 1.65. The summed E-state index contributed by atoms with van der Waals surface area (Å²) in [7, 11) is 0. The van der Waals surface area contributed by atoms with Crippen LogP contribution in [0.4, 0.5) is 5.69 Å². The lowest BCUT2D eigenvalue weighted by Gasteiger charge is -2.11. The maximum atomic E-state index is 12.2. The number of nitrogens with one attached hydrogen (secondary N) is 1. The van der Waals surface area contributed by atoms with Gasteiger partial charge in [-0.2, -0.15) is 0 Å². The number of phenols is 1. The number of hydrogen-bond acceptors (Lipinski definition) is 3. The predicted molar refractivity (Wildman–Crippen MR) is 74.5 cm³/mol. The average molecular weight is 256 g/mol. The number of aromatic nitrogens is 1. The SMILES string of the molecule is Cc1cc(NC(=O)c2cccnc2C)c(C)cc1O. The quantitative estimate of drug-likeness (QED) is 0.812. The fourth-order valence-corrected chi connectivity index (χ4v) is 1.85. The standard InChI is InChI=1S/C15H16N2O2/c1-9-8-14(18)10(2)7-13(9)17-15(19)12-5-4-6-16-11(12)3/h4-8,18H,1-3H3,(H,17,19). The Morgan fingerprint density at radius 3 is 2.63 bits per heavy atom. The van der Waals surface area contributed by atoms with Gasteiger partial charge in [0.05, 0.1) is 5.56 Å². The van der Waals surface area contributed by atoms with Crippen LogP contribution >= 0.6 is 0 Å². The molecule has 1 heterocycles. The second-order valence-corrected chi connectivity index (χ2v) is 4.54. The molecule has 0 saturated heterocycles. The Labute approximate surface area is 112 Å². The Bertz CT molecular complexity index is 636. The number of phenolic OH excluding ortho intramolecular Hbond substituents is 1. The van der Waals surface area contributed by atoms with E-state index in [2.05, 4.69) is 10.3 Å². The Hall–Kier alpha value is -2.36. The van der Waals surface area contributed by atoms with Crippen LogP contribution in [0.1, 0.15) is 27.2 Å². The molecule has 0 aliphatic rings. The molecule has 0 fully saturated rings. The Kier molecular flexibility index (Phi) is 3.51. The van der Waals surface area contributed by atoms with Crippen LogP contribution in [0.5, 0.6) is 5.75 Å². The van der Waals surface area contributed by atoms with Gasteiger partial charge < -0.3 is 10.4 Å². The van der Waals surface area contributed by atoms with Crippen molar-refractivity contribution in [3.63, 3.8) is 0 Å². The van der Waals surface area contributed by atoms with Gasteiger partial charge in [0.1, 0.15) is 5.75 Å². The molecule has 0 aliphatic heterocycles. The van der Waals surface area contributed by atoms with E-state index in [9.17, 15) is 9.90 Å². The summed E-state index contributed by atoms with van der Waals surface area (Å²) in [5.41, 5.74) is 3.48. The third kappa shape index (κ3) is 2.73. The highest BCUT2D eigenvalue weighted by Crippen LogP contribution is 2.25. The molecule has 1 aromatic carbocycles. The molecule has 0 aliphatic carbocycles. The number of anilines is 1. The molecule has 2 aromatic rings. The van der Waals surface area contributed by atoms with Gasteiger partial charge in [0.2, 0.25) is 0 Å². The van der Waals surface area contributed by atoms with Crippen molar-refractivity contribution in [2.45, 2.75) is 20.8 Å². The summed E-state index contributed by atoms with van der Waals surface area (Å²) in [6, 6.07) is 6.87. The molecule has 0 atom stereocenters. The van der Waals surface area contributed by atoms with E-state index in [4.69, 9.17) is 0 Å². The first kappa shape index (κ1) is 13.1. The fourth-order valence-electron chi connectivity index (χ4n) is 1.85. The number of benzene rings is 1. The van der Waals surface area contributed by atoms with E-state index in [1.54, 1.807) is 44.3 Å². The van der Waals surface area contributed by atoms with Crippen molar-refractivity contribution >= 4 is 11.6 Å². The molecule has 0 spiro atoms. The number of aromatic hydroxyl groups is 1. The monoisotopic (exact) mass is 256 g/mol. The average Bonchev–Trinajstić information content (AvgIpc) is 2.36. The summed E-state index contributed by atoms with van der Waals surface area (Å²) < 4.78 is 0. The maximum Gasteiger partial charge on any atom is 0.257 e. The van der Waals surface area contributed by atoms with Gasteiger partial charge in [-0.3, -0.25) is 9.78 Å². The number of pyridine rings is 1. The first-order valence-corrected chi connectivity index (χ1v) is 6.02. The highest BCUT2D eigenvalue weighted by atomic mass is 16.3. The van der Waals surface area contributed by atoms with Crippen molar-refractivity contribution in [1.29, 1.82) is 0 Å². The zero-order valence-electron chi connectivity index (χ0n) is 11.2. The van der Waals surface area contributed by atoms with Crippen molar-refractivity contribution in [2.24, 2.45) is 0 Å². The van der Waals surface area contributed by atoms with Crippen molar-refractivity contribution in [2.75, 3.05) is 5.32 Å². The highest BCUT2D eigenvalue weighted by Gasteiger charge is 2.11. The van der Waals surface area contributed by atoms with E-state index in [0.717, 1.165) is 11.1 Å². The summed E-state index contributed by atoms with van der Waals surface area (Å²) >= 11 is 0. The van der Waals surface area contributed by atoms with E-state index in [1.165, 1.54) is 0 Å². The number of nitrogens with zero attached hydrogens (tertiary/aromatic N) is 1. The van der Waals surface area contributed by atoms with E-state index >= 15 is 0 Å². The van der Waals surface area contributed by atoms with E-state index < -0.39 is 0 Å². The molecule has 0 saturated carbocycles. The number of amides is 1. The second-order valence-electron chi connectivity index (χ2n) is 4.54. The van der Waals surface area contributed by atoms with Gasteiger partial charge in [-0.25, -0.2) is 0 Å². The first-order chi connectivity index (χ1) is 8.99. The summed E-state index contributed by atoms with van der Waals surface area (Å²) in [5, 5.41) is 12.4. The van der Waals surface area contributed by atoms with Gasteiger partial charge in [0, 0.05) is 17.6 Å². The van der Waals surface area contributed by atoms with Gasteiger partial charge in [-0.1, -0.05) is 0 Å². The molecule has 19 heavy (non-hydrogen) atoms. The van der Waals surface area contributed by atoms with Crippen LogP contribution < -0.4 is 5.32 Å². The summed E-state index contributed by atoms with van der Waals surface area (Å²) in [4.78, 5) is 16.3. The van der Waals surface area contributed by atoms with Gasteiger partial charge in [-0.05, 0) is 56.2 Å². The minimum Gasteiger partial charge on any atom is -0.508 e. The molecule has 1 aromatic heterocycles. The Morgan fingerprint density at radius 2 is 1.95 bits per heavy atom. The van der Waals surface area contributed by atoms with Crippen LogP contribution in [0.2, 0.25) is 0 Å². The normalized spacial score (nSPS) is 10.3. The van der Waals surface area contributed by atoms with Crippen LogP contribution in [-0.2, 0) is 0 Å². The largest absolute Gasteiger partial charge is 0.508 e. The minimum absolute atomic E-state index is 0.196. The molecule has 2 rings (SSSR count). The van der Waals surface area contributed by atoms with E-state index in [0.29, 0.717) is 16.9 Å². The zero-order valence-corrected chi connectivity index (χ0v) is 11.2. The van der Waals surface area contributed by atoms with Crippen LogP contribution in [0.25, 0.3) is 0 Å². The lowest BCUT2D eigenvalue weighted by atomic mass is 10.1. The molecular weight excluding hydrogens is 240 g/mol. The maximum absolute atomic E-state index is 12.2. The van der Waals surface area contributed by atoms with Crippen molar-refractivity contribution in [3.8, 4) is 5.75 Å². The summed E-state index contributed by atoms with van der Waals surface area (Å²) in [5.74, 6) is 0.0341. The lowest BCUT2D eigenvalue weighted by molar-refractivity contribution is 0.102. The lowest BCUT2D eigenvalue weighted by Crippen LogP contribution is -2.14. The number of aryl methyl sites for hydroxylation is 3. The molecule has 0 bridgehead atoms. The predicted octanol–water partition coefficient (Wildman–Crippen LogP) is 2.96. The van der Waals surface area contributed by atoms with Crippen molar-refractivity contribution in [1.82, 2.24) is 4.98 Å². The smallest absolute Gasteiger partial charge is 0.257 e. The van der Waals surface area contributed by atoms with Crippen molar-refractivity contribution in [3.05, 3.63) is 52.8 Å². The third-order valence-electron chi connectivity index (χ3n) is 3.04. The van der Waals surface area contributed by atoms with Gasteiger partial charge >= 0.3 is 0 Å². The number of rotatable bonds is 2. The van der Waals surface area contributed by atoms with Gasteiger partial charge in [0.15, 0.2) is 0 Å². The first-order valence-electron chi connectivity index (χ1n) is 6.02. The Balaban J connectivity index is 2.30. The topological polar surface area (TPSA) is 62.2 Å². The zero-order chi connectivity index (χ0) is 14.0. The molecule has 4 heteroatoms. The molecule has 98 valence electrons. The molecule has 0 radical (unpaired) electrons.